The maximum atomic E-state index is 12.1. The van der Waals surface area contributed by atoms with Crippen molar-refractivity contribution in [1.82, 2.24) is 20.0 Å². The number of carbonyl (C=O) groups is 1. The van der Waals surface area contributed by atoms with Gasteiger partial charge in [-0.25, -0.2) is 0 Å². The van der Waals surface area contributed by atoms with Gasteiger partial charge in [-0.2, -0.15) is 18.8 Å². The molecule has 0 fully saturated rings. The quantitative estimate of drug-likeness (QED) is 0.746. The van der Waals surface area contributed by atoms with Crippen LogP contribution >= 0.6 is 11.3 Å². The van der Waals surface area contributed by atoms with E-state index in [-0.39, 0.29) is 26.8 Å². The summed E-state index contributed by atoms with van der Waals surface area (Å²) < 4.78 is 27.3. The Bertz CT molecular complexity index is 830. The molecule has 0 unspecified atom stereocenters. The number of anilines is 2. The molecular weight excluding hydrogens is 318 g/mol. The van der Waals surface area contributed by atoms with Crippen molar-refractivity contribution in [1.29, 1.82) is 5.26 Å². The third kappa shape index (κ3) is 3.33. The molecule has 0 atom stereocenters. The van der Waals surface area contributed by atoms with Gasteiger partial charge in [0, 0.05) is 20.2 Å². The normalized spacial score (nSPS) is 10.9. The molecule has 21 heavy (non-hydrogen) atoms. The minimum absolute atomic E-state index is 0.0596. The van der Waals surface area contributed by atoms with Crippen LogP contribution in [0.3, 0.4) is 0 Å². The fraction of sp³-hybridized carbons (Fsp3) is 0.222. The minimum Gasteiger partial charge on any atom is -0.301 e. The van der Waals surface area contributed by atoms with Crippen molar-refractivity contribution in [3.63, 3.8) is 0 Å². The van der Waals surface area contributed by atoms with Crippen LogP contribution in [0.15, 0.2) is 10.5 Å². The Labute approximate surface area is 123 Å². The number of nitriles is 1. The SMILES string of the molecule is CC(=O)Nc1nnc(S(=O)(=O)Nc2nn(C)cc2C#N)s1. The molecule has 2 rings (SSSR count). The van der Waals surface area contributed by atoms with E-state index in [1.807, 2.05) is 6.07 Å². The van der Waals surface area contributed by atoms with Crippen molar-refractivity contribution in [2.24, 2.45) is 7.05 Å². The van der Waals surface area contributed by atoms with Gasteiger partial charge in [-0.05, 0) is 0 Å². The van der Waals surface area contributed by atoms with Crippen LogP contribution in [0.5, 0.6) is 0 Å². The summed E-state index contributed by atoms with van der Waals surface area (Å²) >= 11 is 0.686. The van der Waals surface area contributed by atoms with Crippen molar-refractivity contribution in [2.75, 3.05) is 10.0 Å². The zero-order chi connectivity index (χ0) is 15.6. The number of sulfonamides is 1. The predicted molar refractivity (Wildman–Crippen MR) is 72.9 cm³/mol. The standard InChI is InChI=1S/C9H9N7O3S2/c1-5(17)11-8-12-13-9(20-8)21(18,19)15-7-6(3-10)4-16(2)14-7/h4H,1-2H3,(H,14,15)(H,11,12,17). The summed E-state index contributed by atoms with van der Waals surface area (Å²) in [6, 6.07) is 1.82. The first-order valence-electron chi connectivity index (χ1n) is 5.39. The van der Waals surface area contributed by atoms with E-state index in [4.69, 9.17) is 5.26 Å². The van der Waals surface area contributed by atoms with Crippen LogP contribution in [0, 0.1) is 11.3 Å². The van der Waals surface area contributed by atoms with E-state index in [0.29, 0.717) is 11.3 Å². The summed E-state index contributed by atoms with van der Waals surface area (Å²) in [6.07, 6.45) is 1.38. The van der Waals surface area contributed by atoms with E-state index in [2.05, 4.69) is 25.3 Å². The largest absolute Gasteiger partial charge is 0.301 e. The second kappa shape index (κ2) is 5.46. The third-order valence-corrected chi connectivity index (χ3v) is 4.64. The molecule has 0 spiro atoms. The summed E-state index contributed by atoms with van der Waals surface area (Å²) in [5.41, 5.74) is 0.0766. The number of carbonyl (C=O) groups excluding carboxylic acids is 1. The summed E-state index contributed by atoms with van der Waals surface area (Å²) in [4.78, 5) is 10.9. The first-order valence-corrected chi connectivity index (χ1v) is 7.69. The van der Waals surface area contributed by atoms with Crippen molar-refractivity contribution in [3.05, 3.63) is 11.8 Å². The minimum atomic E-state index is -4.03. The van der Waals surface area contributed by atoms with E-state index >= 15 is 0 Å². The van der Waals surface area contributed by atoms with Crippen molar-refractivity contribution in [2.45, 2.75) is 11.3 Å². The monoisotopic (exact) mass is 327 g/mol. The molecule has 0 radical (unpaired) electrons. The lowest BCUT2D eigenvalue weighted by Crippen LogP contribution is -2.14. The summed E-state index contributed by atoms with van der Waals surface area (Å²) in [6.45, 7) is 1.26. The maximum Gasteiger partial charge on any atom is 0.292 e. The maximum absolute atomic E-state index is 12.1. The molecule has 0 saturated carbocycles. The zero-order valence-electron chi connectivity index (χ0n) is 10.9. The highest BCUT2D eigenvalue weighted by molar-refractivity contribution is 7.94. The molecule has 0 bridgehead atoms. The van der Waals surface area contributed by atoms with Crippen molar-refractivity contribution >= 4 is 38.2 Å². The van der Waals surface area contributed by atoms with Crippen LogP contribution < -0.4 is 10.0 Å². The molecule has 0 aliphatic carbocycles. The molecular formula is C9H9N7O3S2. The highest BCUT2D eigenvalue weighted by Gasteiger charge is 2.23. The van der Waals surface area contributed by atoms with Crippen LogP contribution in [0.1, 0.15) is 12.5 Å². The van der Waals surface area contributed by atoms with Gasteiger partial charge < -0.3 is 5.32 Å². The average Bonchev–Trinajstić information content (AvgIpc) is 2.95. The smallest absolute Gasteiger partial charge is 0.292 e. The second-order valence-corrected chi connectivity index (χ2v) is 6.67. The molecule has 2 aromatic rings. The first kappa shape index (κ1) is 14.9. The number of rotatable bonds is 4. The van der Waals surface area contributed by atoms with Gasteiger partial charge in [0.25, 0.3) is 14.4 Å². The highest BCUT2D eigenvalue weighted by atomic mass is 32.2. The lowest BCUT2D eigenvalue weighted by atomic mass is 10.4. The topological polar surface area (TPSA) is 143 Å². The molecule has 0 aliphatic heterocycles. The Kier molecular flexibility index (Phi) is 3.87. The van der Waals surface area contributed by atoms with Gasteiger partial charge in [0.05, 0.1) is 0 Å². The van der Waals surface area contributed by atoms with Crippen LogP contribution in [0.4, 0.5) is 10.9 Å². The molecule has 0 aliphatic rings. The van der Waals surface area contributed by atoms with Gasteiger partial charge in [0.15, 0.2) is 5.82 Å². The Balaban J connectivity index is 2.28. The van der Waals surface area contributed by atoms with Gasteiger partial charge in [-0.3, -0.25) is 14.2 Å². The highest BCUT2D eigenvalue weighted by Crippen LogP contribution is 2.23. The second-order valence-electron chi connectivity index (χ2n) is 3.84. The number of hydrogen-bond donors (Lipinski definition) is 2. The molecule has 110 valence electrons. The van der Waals surface area contributed by atoms with Crippen LogP contribution in [-0.4, -0.2) is 34.3 Å². The summed E-state index contributed by atoms with van der Waals surface area (Å²) in [5.74, 6) is -0.490. The number of amides is 1. The number of aryl methyl sites for hydroxylation is 1. The third-order valence-electron chi connectivity index (χ3n) is 2.10. The first-order chi connectivity index (χ1) is 9.81. The summed E-state index contributed by atoms with van der Waals surface area (Å²) in [7, 11) is -2.48. The van der Waals surface area contributed by atoms with E-state index in [1.165, 1.54) is 17.8 Å². The Hall–Kier alpha value is -2.52. The number of nitrogens with one attached hydrogen (secondary N) is 2. The molecule has 2 aromatic heterocycles. The summed E-state index contributed by atoms with van der Waals surface area (Å²) in [5, 5.41) is 22.1. The van der Waals surface area contributed by atoms with Crippen LogP contribution in [-0.2, 0) is 21.9 Å². The van der Waals surface area contributed by atoms with E-state index in [1.54, 1.807) is 7.05 Å². The Morgan fingerprint density at radius 3 is 2.81 bits per heavy atom. The van der Waals surface area contributed by atoms with E-state index in [9.17, 15) is 13.2 Å². The molecule has 2 heterocycles. The molecule has 2 N–H and O–H groups in total. The van der Waals surface area contributed by atoms with E-state index < -0.39 is 10.0 Å². The predicted octanol–water partition coefficient (Wildman–Crippen LogP) is -0.0975. The molecule has 10 nitrogen and oxygen atoms in total. The molecule has 0 saturated heterocycles. The fourth-order valence-corrected chi connectivity index (χ4v) is 3.30. The van der Waals surface area contributed by atoms with E-state index in [0.717, 1.165) is 0 Å². The number of hydrogen-bond acceptors (Lipinski definition) is 8. The fourth-order valence-electron chi connectivity index (χ4n) is 1.34. The van der Waals surface area contributed by atoms with Crippen molar-refractivity contribution < 1.29 is 13.2 Å². The zero-order valence-corrected chi connectivity index (χ0v) is 12.5. The lowest BCUT2D eigenvalue weighted by molar-refractivity contribution is -0.114. The van der Waals surface area contributed by atoms with Crippen LogP contribution in [0.25, 0.3) is 0 Å². The van der Waals surface area contributed by atoms with Gasteiger partial charge in [-0.15, -0.1) is 10.2 Å². The van der Waals surface area contributed by atoms with Crippen molar-refractivity contribution in [3.8, 4) is 6.07 Å². The molecule has 1 amide bonds. The average molecular weight is 327 g/mol. The molecule has 0 aromatic carbocycles. The van der Waals surface area contributed by atoms with Crippen LogP contribution in [0.2, 0.25) is 0 Å². The van der Waals surface area contributed by atoms with Gasteiger partial charge in [-0.1, -0.05) is 11.3 Å². The lowest BCUT2D eigenvalue weighted by Gasteiger charge is -2.01. The van der Waals surface area contributed by atoms with Gasteiger partial charge in [0.1, 0.15) is 11.6 Å². The van der Waals surface area contributed by atoms with Gasteiger partial charge in [0.2, 0.25) is 11.0 Å². The Morgan fingerprint density at radius 2 is 2.19 bits per heavy atom. The van der Waals surface area contributed by atoms with Gasteiger partial charge >= 0.3 is 0 Å². The number of aromatic nitrogens is 4. The Morgan fingerprint density at radius 1 is 1.48 bits per heavy atom. The molecule has 12 heteroatoms. The number of nitrogens with zero attached hydrogens (tertiary/aromatic N) is 5.